The fourth-order valence-electron chi connectivity index (χ4n) is 2.47. The highest BCUT2D eigenvalue weighted by Gasteiger charge is 2.28. The quantitative estimate of drug-likeness (QED) is 0.732. The molecule has 1 atom stereocenters. The summed E-state index contributed by atoms with van der Waals surface area (Å²) in [5.74, 6) is 2.26. The van der Waals surface area contributed by atoms with E-state index in [1.165, 1.54) is 17.1 Å². The second kappa shape index (κ2) is 4.67. The standard InChI is InChI=1S/C12H16ClN3S/c1-8-6-10-12(15-11(8)13)16-4-3-14-7-9(16)2-5-17-10/h6,9,14H,2-5,7H2,1H3/t9-/m1/s1. The summed E-state index contributed by atoms with van der Waals surface area (Å²) in [6.45, 7) is 5.15. The van der Waals surface area contributed by atoms with Gasteiger partial charge in [0.25, 0.3) is 0 Å². The predicted octanol–water partition coefficient (Wildman–Crippen LogP) is 2.32. The zero-order valence-electron chi connectivity index (χ0n) is 9.87. The number of aromatic nitrogens is 1. The molecule has 3 heterocycles. The highest BCUT2D eigenvalue weighted by molar-refractivity contribution is 7.99. The third-order valence-corrected chi connectivity index (χ3v) is 4.86. The number of halogens is 1. The minimum Gasteiger partial charge on any atom is -0.350 e. The molecule has 0 bridgehead atoms. The van der Waals surface area contributed by atoms with Crippen molar-refractivity contribution in [3.63, 3.8) is 0 Å². The Balaban J connectivity index is 2.05. The summed E-state index contributed by atoms with van der Waals surface area (Å²) in [6.07, 6.45) is 1.21. The van der Waals surface area contributed by atoms with Crippen LogP contribution in [0.25, 0.3) is 0 Å². The van der Waals surface area contributed by atoms with E-state index in [-0.39, 0.29) is 0 Å². The van der Waals surface area contributed by atoms with Crippen molar-refractivity contribution < 1.29 is 0 Å². The Morgan fingerprint density at radius 2 is 2.47 bits per heavy atom. The van der Waals surface area contributed by atoms with Crippen molar-refractivity contribution in [2.75, 3.05) is 30.3 Å². The van der Waals surface area contributed by atoms with Crippen LogP contribution in [-0.2, 0) is 0 Å². The molecule has 0 spiro atoms. The number of anilines is 1. The highest BCUT2D eigenvalue weighted by atomic mass is 35.5. The first-order valence-electron chi connectivity index (χ1n) is 6.03. The van der Waals surface area contributed by atoms with Crippen molar-refractivity contribution >= 4 is 29.2 Å². The first-order valence-corrected chi connectivity index (χ1v) is 7.39. The van der Waals surface area contributed by atoms with Gasteiger partial charge in [-0.3, -0.25) is 0 Å². The molecule has 0 amide bonds. The lowest BCUT2D eigenvalue weighted by molar-refractivity contribution is 0.465. The molecule has 0 unspecified atom stereocenters. The molecule has 0 saturated carbocycles. The van der Waals surface area contributed by atoms with Crippen LogP contribution in [0.2, 0.25) is 5.15 Å². The van der Waals surface area contributed by atoms with E-state index in [9.17, 15) is 0 Å². The van der Waals surface area contributed by atoms with Crippen LogP contribution in [0.15, 0.2) is 11.0 Å². The van der Waals surface area contributed by atoms with E-state index in [4.69, 9.17) is 11.6 Å². The maximum Gasteiger partial charge on any atom is 0.144 e. The Morgan fingerprint density at radius 3 is 3.35 bits per heavy atom. The number of nitrogens with zero attached hydrogens (tertiary/aromatic N) is 2. The molecule has 0 aromatic carbocycles. The zero-order chi connectivity index (χ0) is 11.8. The Bertz CT molecular complexity index is 438. The number of thioether (sulfide) groups is 1. The molecular weight excluding hydrogens is 254 g/mol. The fraction of sp³-hybridized carbons (Fsp3) is 0.583. The van der Waals surface area contributed by atoms with Gasteiger partial charge < -0.3 is 10.2 Å². The van der Waals surface area contributed by atoms with Crippen LogP contribution in [0.3, 0.4) is 0 Å². The normalized spacial score (nSPS) is 23.9. The summed E-state index contributed by atoms with van der Waals surface area (Å²) in [5.41, 5.74) is 1.08. The van der Waals surface area contributed by atoms with Crippen LogP contribution in [0.5, 0.6) is 0 Å². The van der Waals surface area contributed by atoms with Gasteiger partial charge >= 0.3 is 0 Å². The molecule has 1 aromatic heterocycles. The fourth-order valence-corrected chi connectivity index (χ4v) is 3.77. The number of piperazine rings is 1. The summed E-state index contributed by atoms with van der Waals surface area (Å²) in [7, 11) is 0. The number of pyridine rings is 1. The number of aryl methyl sites for hydroxylation is 1. The Kier molecular flexibility index (Phi) is 3.19. The number of hydrogen-bond donors (Lipinski definition) is 1. The third-order valence-electron chi connectivity index (χ3n) is 3.43. The van der Waals surface area contributed by atoms with Crippen molar-refractivity contribution in [3.8, 4) is 0 Å². The molecule has 2 aliphatic rings. The third kappa shape index (κ3) is 2.14. The van der Waals surface area contributed by atoms with Gasteiger partial charge in [-0.05, 0) is 25.0 Å². The molecule has 5 heteroatoms. The molecule has 3 rings (SSSR count). The first kappa shape index (κ1) is 11.6. The lowest BCUT2D eigenvalue weighted by Crippen LogP contribution is -2.51. The van der Waals surface area contributed by atoms with Gasteiger partial charge in [0.2, 0.25) is 0 Å². The summed E-state index contributed by atoms with van der Waals surface area (Å²) in [6, 6.07) is 2.75. The molecule has 1 saturated heterocycles. The van der Waals surface area contributed by atoms with Crippen molar-refractivity contribution in [1.82, 2.24) is 10.3 Å². The van der Waals surface area contributed by atoms with Gasteiger partial charge in [0.05, 0.1) is 4.90 Å². The van der Waals surface area contributed by atoms with Crippen molar-refractivity contribution in [2.45, 2.75) is 24.3 Å². The topological polar surface area (TPSA) is 28.2 Å². The molecule has 2 aliphatic heterocycles. The van der Waals surface area contributed by atoms with E-state index in [0.29, 0.717) is 11.2 Å². The molecule has 0 aliphatic carbocycles. The molecule has 0 radical (unpaired) electrons. The Labute approximate surface area is 111 Å². The average molecular weight is 270 g/mol. The van der Waals surface area contributed by atoms with Crippen LogP contribution in [0, 0.1) is 6.92 Å². The zero-order valence-corrected chi connectivity index (χ0v) is 11.4. The molecular formula is C12H16ClN3S. The molecule has 1 N–H and O–H groups in total. The molecule has 17 heavy (non-hydrogen) atoms. The van der Waals surface area contributed by atoms with Gasteiger partial charge in [-0.1, -0.05) is 11.6 Å². The maximum atomic E-state index is 6.17. The minimum absolute atomic E-state index is 0.573. The smallest absolute Gasteiger partial charge is 0.144 e. The molecule has 1 fully saturated rings. The highest BCUT2D eigenvalue weighted by Crippen LogP contribution is 2.37. The van der Waals surface area contributed by atoms with E-state index in [1.807, 2.05) is 18.7 Å². The van der Waals surface area contributed by atoms with E-state index in [2.05, 4.69) is 21.3 Å². The van der Waals surface area contributed by atoms with E-state index in [0.717, 1.165) is 31.0 Å². The van der Waals surface area contributed by atoms with E-state index in [1.54, 1.807) is 0 Å². The molecule has 3 nitrogen and oxygen atoms in total. The summed E-state index contributed by atoms with van der Waals surface area (Å²) < 4.78 is 0. The molecule has 1 aromatic rings. The number of nitrogens with one attached hydrogen (secondary N) is 1. The molecule has 92 valence electrons. The first-order chi connectivity index (χ1) is 8.25. The Morgan fingerprint density at radius 1 is 1.59 bits per heavy atom. The van der Waals surface area contributed by atoms with Crippen LogP contribution in [0.4, 0.5) is 5.82 Å². The van der Waals surface area contributed by atoms with E-state index >= 15 is 0 Å². The van der Waals surface area contributed by atoms with Gasteiger partial charge in [-0.25, -0.2) is 4.98 Å². The summed E-state index contributed by atoms with van der Waals surface area (Å²) >= 11 is 8.08. The summed E-state index contributed by atoms with van der Waals surface area (Å²) in [5, 5.41) is 4.10. The second-order valence-corrected chi connectivity index (χ2v) is 6.10. The Hall–Kier alpha value is -0.450. The van der Waals surface area contributed by atoms with Crippen molar-refractivity contribution in [2.24, 2.45) is 0 Å². The van der Waals surface area contributed by atoms with Gasteiger partial charge in [-0.15, -0.1) is 11.8 Å². The van der Waals surface area contributed by atoms with Gasteiger partial charge in [-0.2, -0.15) is 0 Å². The largest absolute Gasteiger partial charge is 0.350 e. The van der Waals surface area contributed by atoms with Crippen LogP contribution < -0.4 is 10.2 Å². The lowest BCUT2D eigenvalue weighted by Gasteiger charge is -2.36. The number of rotatable bonds is 0. The van der Waals surface area contributed by atoms with Crippen LogP contribution in [-0.4, -0.2) is 36.4 Å². The van der Waals surface area contributed by atoms with E-state index < -0.39 is 0 Å². The monoisotopic (exact) mass is 269 g/mol. The van der Waals surface area contributed by atoms with Crippen molar-refractivity contribution in [1.29, 1.82) is 0 Å². The van der Waals surface area contributed by atoms with Crippen LogP contribution >= 0.6 is 23.4 Å². The van der Waals surface area contributed by atoms with Gasteiger partial charge in [0.1, 0.15) is 11.0 Å². The van der Waals surface area contributed by atoms with Gasteiger partial charge in [0.15, 0.2) is 0 Å². The minimum atomic E-state index is 0.573. The predicted molar refractivity (Wildman–Crippen MR) is 73.3 cm³/mol. The number of fused-ring (bicyclic) bond motifs is 3. The van der Waals surface area contributed by atoms with Gasteiger partial charge in [0, 0.05) is 31.4 Å². The SMILES string of the molecule is Cc1cc2c(nc1Cl)N1CCNC[C@H]1CCS2. The average Bonchev–Trinajstić information content (AvgIpc) is 2.50. The van der Waals surface area contributed by atoms with Crippen LogP contribution in [0.1, 0.15) is 12.0 Å². The second-order valence-electron chi connectivity index (χ2n) is 4.61. The number of hydrogen-bond acceptors (Lipinski definition) is 4. The maximum absolute atomic E-state index is 6.17. The lowest BCUT2D eigenvalue weighted by atomic mass is 10.1. The van der Waals surface area contributed by atoms with Crippen molar-refractivity contribution in [3.05, 3.63) is 16.8 Å². The summed E-state index contributed by atoms with van der Waals surface area (Å²) in [4.78, 5) is 8.32.